The molecule has 0 spiro atoms. The summed E-state index contributed by atoms with van der Waals surface area (Å²) < 4.78 is 4.90. The predicted molar refractivity (Wildman–Crippen MR) is 115 cm³/mol. The zero-order valence-corrected chi connectivity index (χ0v) is 16.5. The maximum atomic E-state index is 12.2. The van der Waals surface area contributed by atoms with E-state index in [1.165, 1.54) is 18.2 Å². The second-order valence-corrected chi connectivity index (χ2v) is 6.90. The highest BCUT2D eigenvalue weighted by Gasteiger charge is 2.22. The molecule has 3 aromatic rings. The van der Waals surface area contributed by atoms with Gasteiger partial charge in [0.2, 0.25) is 0 Å². The molecule has 4 heteroatoms. The Bertz CT molecular complexity index is 884. The average molecular weight is 387 g/mol. The molecule has 3 aromatic carbocycles. The average Bonchev–Trinajstić information content (AvgIpc) is 2.78. The molecular weight excluding hydrogens is 362 g/mol. The van der Waals surface area contributed by atoms with Crippen molar-refractivity contribution in [3.8, 4) is 0 Å². The number of carbonyl (C=O) groups is 2. The number of nitrogens with zero attached hydrogens (tertiary/aromatic N) is 1. The number of hydrogen-bond donors (Lipinski definition) is 0. The smallest absolute Gasteiger partial charge is 0.313 e. The Morgan fingerprint density at radius 1 is 0.897 bits per heavy atom. The lowest BCUT2D eigenvalue weighted by Gasteiger charge is -2.26. The number of rotatable bonds is 9. The number of anilines is 1. The number of aldehydes is 1. The molecule has 0 aromatic heterocycles. The summed E-state index contributed by atoms with van der Waals surface area (Å²) in [5.41, 5.74) is 4.18. The molecule has 0 aliphatic rings. The standard InChI is InChI=1S/C25H25NO3/c1-29-25(28)24(15-16-27)22-13-8-14-23(17-22)26(18-20-9-4-2-5-10-20)19-21-11-6-3-7-12-21/h2-14,16-17,24H,15,18-19H2,1H3/t24-/m1/s1. The minimum absolute atomic E-state index is 0.105. The van der Waals surface area contributed by atoms with Gasteiger partial charge < -0.3 is 14.4 Å². The molecule has 0 saturated heterocycles. The summed E-state index contributed by atoms with van der Waals surface area (Å²) in [6.45, 7) is 1.46. The summed E-state index contributed by atoms with van der Waals surface area (Å²) in [6.07, 6.45) is 0.869. The van der Waals surface area contributed by atoms with Crippen molar-refractivity contribution in [2.75, 3.05) is 12.0 Å². The number of hydrogen-bond acceptors (Lipinski definition) is 4. The molecule has 0 bridgehead atoms. The molecule has 0 fully saturated rings. The van der Waals surface area contributed by atoms with Gasteiger partial charge in [-0.1, -0.05) is 72.8 Å². The van der Waals surface area contributed by atoms with Gasteiger partial charge in [-0.25, -0.2) is 0 Å². The first-order valence-electron chi connectivity index (χ1n) is 9.65. The molecule has 29 heavy (non-hydrogen) atoms. The van der Waals surface area contributed by atoms with E-state index in [-0.39, 0.29) is 6.42 Å². The first kappa shape index (κ1) is 20.3. The summed E-state index contributed by atoms with van der Waals surface area (Å²) in [6, 6.07) is 28.4. The summed E-state index contributed by atoms with van der Waals surface area (Å²) in [5.74, 6) is -0.986. The minimum Gasteiger partial charge on any atom is -0.469 e. The molecule has 0 unspecified atom stereocenters. The lowest BCUT2D eigenvalue weighted by Crippen LogP contribution is -2.23. The van der Waals surface area contributed by atoms with Gasteiger partial charge in [0.15, 0.2) is 0 Å². The second kappa shape index (κ2) is 10.2. The molecule has 4 nitrogen and oxygen atoms in total. The Labute approximate surface area is 171 Å². The highest BCUT2D eigenvalue weighted by atomic mass is 16.5. The Kier molecular flexibility index (Phi) is 7.17. The van der Waals surface area contributed by atoms with Gasteiger partial charge in [-0.05, 0) is 28.8 Å². The maximum Gasteiger partial charge on any atom is 0.313 e. The van der Waals surface area contributed by atoms with Gasteiger partial charge in [0.25, 0.3) is 0 Å². The largest absolute Gasteiger partial charge is 0.469 e. The molecule has 0 amide bonds. The first-order chi connectivity index (χ1) is 14.2. The van der Waals surface area contributed by atoms with Gasteiger partial charge in [0.05, 0.1) is 13.0 Å². The van der Waals surface area contributed by atoms with Gasteiger partial charge in [0, 0.05) is 25.2 Å². The van der Waals surface area contributed by atoms with E-state index in [1.54, 1.807) is 0 Å². The molecule has 0 aliphatic heterocycles. The van der Waals surface area contributed by atoms with Crippen LogP contribution in [0.5, 0.6) is 0 Å². The summed E-state index contributed by atoms with van der Waals surface area (Å²) >= 11 is 0. The summed E-state index contributed by atoms with van der Waals surface area (Å²) in [4.78, 5) is 25.5. The van der Waals surface area contributed by atoms with Crippen molar-refractivity contribution < 1.29 is 14.3 Å². The number of methoxy groups -OCH3 is 1. The number of benzene rings is 3. The summed E-state index contributed by atoms with van der Waals surface area (Å²) in [7, 11) is 1.35. The van der Waals surface area contributed by atoms with E-state index in [4.69, 9.17) is 4.74 Å². The van der Waals surface area contributed by atoms with E-state index >= 15 is 0 Å². The molecule has 148 valence electrons. The van der Waals surface area contributed by atoms with Crippen LogP contribution in [-0.2, 0) is 27.4 Å². The minimum atomic E-state index is -0.590. The SMILES string of the molecule is COC(=O)[C@H](CC=O)c1cccc(N(Cc2ccccc2)Cc2ccccc2)c1. The molecule has 3 rings (SSSR count). The Balaban J connectivity index is 1.94. The highest BCUT2D eigenvalue weighted by molar-refractivity contribution is 5.81. The van der Waals surface area contributed by atoms with Crippen LogP contribution in [-0.4, -0.2) is 19.4 Å². The third-order valence-corrected chi connectivity index (χ3v) is 4.89. The van der Waals surface area contributed by atoms with Gasteiger partial charge in [-0.2, -0.15) is 0 Å². The van der Waals surface area contributed by atoms with E-state index in [9.17, 15) is 9.59 Å². The fraction of sp³-hybridized carbons (Fsp3) is 0.200. The zero-order chi connectivity index (χ0) is 20.5. The first-order valence-corrected chi connectivity index (χ1v) is 9.65. The number of carbonyl (C=O) groups excluding carboxylic acids is 2. The van der Waals surface area contributed by atoms with Gasteiger partial charge in [0.1, 0.15) is 6.29 Å². The van der Waals surface area contributed by atoms with Crippen LogP contribution in [0.25, 0.3) is 0 Å². The number of ether oxygens (including phenoxy) is 1. The lowest BCUT2D eigenvalue weighted by atomic mass is 9.95. The van der Waals surface area contributed by atoms with Crippen molar-refractivity contribution in [2.45, 2.75) is 25.4 Å². The van der Waals surface area contributed by atoms with E-state index in [0.717, 1.165) is 30.6 Å². The van der Waals surface area contributed by atoms with Crippen molar-refractivity contribution in [1.29, 1.82) is 0 Å². The monoisotopic (exact) mass is 387 g/mol. The van der Waals surface area contributed by atoms with Crippen molar-refractivity contribution in [2.24, 2.45) is 0 Å². The third kappa shape index (κ3) is 5.55. The van der Waals surface area contributed by atoms with Crippen LogP contribution in [0.3, 0.4) is 0 Å². The van der Waals surface area contributed by atoms with Crippen molar-refractivity contribution in [3.63, 3.8) is 0 Å². The van der Waals surface area contributed by atoms with Crippen LogP contribution in [0.15, 0.2) is 84.9 Å². The van der Waals surface area contributed by atoms with E-state index in [1.807, 2.05) is 60.7 Å². The normalized spacial score (nSPS) is 11.5. The molecule has 0 heterocycles. The predicted octanol–water partition coefficient (Wildman–Crippen LogP) is 4.74. The molecule has 0 saturated carbocycles. The van der Waals surface area contributed by atoms with E-state index < -0.39 is 11.9 Å². The maximum absolute atomic E-state index is 12.2. The van der Waals surface area contributed by atoms with Crippen molar-refractivity contribution in [1.82, 2.24) is 0 Å². The Hall–Kier alpha value is -3.40. The van der Waals surface area contributed by atoms with Crippen LogP contribution in [0.1, 0.15) is 29.0 Å². The van der Waals surface area contributed by atoms with E-state index in [2.05, 4.69) is 29.2 Å². The fourth-order valence-electron chi connectivity index (χ4n) is 3.39. The van der Waals surface area contributed by atoms with E-state index in [0.29, 0.717) is 0 Å². The Morgan fingerprint density at radius 2 is 1.48 bits per heavy atom. The zero-order valence-electron chi connectivity index (χ0n) is 16.5. The lowest BCUT2D eigenvalue weighted by molar-refractivity contribution is -0.143. The van der Waals surface area contributed by atoms with Crippen LogP contribution in [0.2, 0.25) is 0 Å². The quantitative estimate of drug-likeness (QED) is 0.393. The van der Waals surface area contributed by atoms with Crippen LogP contribution < -0.4 is 4.90 Å². The third-order valence-electron chi connectivity index (χ3n) is 4.89. The van der Waals surface area contributed by atoms with Gasteiger partial charge >= 0.3 is 5.97 Å². The molecular formula is C25H25NO3. The van der Waals surface area contributed by atoms with Crippen LogP contribution in [0.4, 0.5) is 5.69 Å². The number of esters is 1. The highest BCUT2D eigenvalue weighted by Crippen LogP contribution is 2.27. The van der Waals surface area contributed by atoms with Gasteiger partial charge in [-0.15, -0.1) is 0 Å². The fourth-order valence-corrected chi connectivity index (χ4v) is 3.39. The molecule has 0 aliphatic carbocycles. The molecule has 0 radical (unpaired) electrons. The molecule has 0 N–H and O–H groups in total. The second-order valence-electron chi connectivity index (χ2n) is 6.90. The van der Waals surface area contributed by atoms with Crippen LogP contribution in [0, 0.1) is 0 Å². The Morgan fingerprint density at radius 3 is 2.00 bits per heavy atom. The van der Waals surface area contributed by atoms with Crippen molar-refractivity contribution >= 4 is 17.9 Å². The summed E-state index contributed by atoms with van der Waals surface area (Å²) in [5, 5.41) is 0. The van der Waals surface area contributed by atoms with Gasteiger partial charge in [-0.3, -0.25) is 4.79 Å². The molecule has 1 atom stereocenters. The topological polar surface area (TPSA) is 46.6 Å². The van der Waals surface area contributed by atoms with Crippen LogP contribution >= 0.6 is 0 Å². The van der Waals surface area contributed by atoms with Crippen molar-refractivity contribution in [3.05, 3.63) is 102 Å².